The topological polar surface area (TPSA) is 28.2 Å². The maximum atomic E-state index is 12.3. The molecule has 0 unspecified atom stereocenters. The van der Waals surface area contributed by atoms with Gasteiger partial charge < -0.3 is 10.2 Å². The molecule has 2 rings (SSSR count). The van der Waals surface area contributed by atoms with Crippen LogP contribution in [0.2, 0.25) is 0 Å². The summed E-state index contributed by atoms with van der Waals surface area (Å²) >= 11 is 0. The van der Waals surface area contributed by atoms with E-state index in [-0.39, 0.29) is 0 Å². The Morgan fingerprint density at radius 3 is 2.50 bits per heavy atom. The molecule has 1 aromatic heterocycles. The van der Waals surface area contributed by atoms with Gasteiger partial charge in [0.05, 0.1) is 5.56 Å². The van der Waals surface area contributed by atoms with E-state index in [1.54, 1.807) is 0 Å². The van der Waals surface area contributed by atoms with Crippen molar-refractivity contribution >= 4 is 0 Å². The minimum Gasteiger partial charge on any atom is -0.314 e. The minimum absolute atomic E-state index is 0.687. The highest BCUT2D eigenvalue weighted by Crippen LogP contribution is 2.28. The molecule has 0 saturated carbocycles. The summed E-state index contributed by atoms with van der Waals surface area (Å²) in [6, 6.07) is 2.56. The van der Waals surface area contributed by atoms with E-state index in [2.05, 4.69) is 15.2 Å². The number of pyridine rings is 1. The Hall–Kier alpha value is -1.14. The predicted octanol–water partition coefficient (Wildman–Crippen LogP) is 1.55. The van der Waals surface area contributed by atoms with Crippen LogP contribution in [0.3, 0.4) is 0 Å². The third kappa shape index (κ3) is 3.68. The van der Waals surface area contributed by atoms with Gasteiger partial charge in [-0.1, -0.05) is 0 Å². The molecule has 0 aliphatic carbocycles. The van der Waals surface area contributed by atoms with Crippen molar-refractivity contribution in [3.8, 4) is 0 Å². The molecular weight excluding hydrogens is 243 g/mol. The highest BCUT2D eigenvalue weighted by molar-refractivity contribution is 5.17. The second kappa shape index (κ2) is 5.67. The molecule has 1 aromatic rings. The van der Waals surface area contributed by atoms with E-state index in [9.17, 15) is 13.2 Å². The molecule has 1 N–H and O–H groups in total. The fraction of sp³-hybridized carbons (Fsp3) is 0.583. The molecule has 1 saturated heterocycles. The first kappa shape index (κ1) is 13.3. The Labute approximate surface area is 104 Å². The lowest BCUT2D eigenvalue weighted by Crippen LogP contribution is -2.44. The van der Waals surface area contributed by atoms with Crippen molar-refractivity contribution in [3.63, 3.8) is 0 Å². The largest absolute Gasteiger partial charge is 0.417 e. The van der Waals surface area contributed by atoms with Gasteiger partial charge in [0, 0.05) is 51.0 Å². The van der Waals surface area contributed by atoms with Crippen molar-refractivity contribution in [2.24, 2.45) is 0 Å². The predicted molar refractivity (Wildman–Crippen MR) is 62.3 cm³/mol. The van der Waals surface area contributed by atoms with Crippen LogP contribution in [0.5, 0.6) is 0 Å². The Bertz CT molecular complexity index is 369. The molecule has 18 heavy (non-hydrogen) atoms. The van der Waals surface area contributed by atoms with E-state index in [0.717, 1.165) is 45.0 Å². The van der Waals surface area contributed by atoms with E-state index in [0.29, 0.717) is 12.1 Å². The van der Waals surface area contributed by atoms with Crippen molar-refractivity contribution in [2.45, 2.75) is 12.6 Å². The van der Waals surface area contributed by atoms with Gasteiger partial charge >= 0.3 is 6.18 Å². The van der Waals surface area contributed by atoms with E-state index in [4.69, 9.17) is 0 Å². The van der Waals surface area contributed by atoms with E-state index in [1.807, 2.05) is 0 Å². The first-order valence-corrected chi connectivity index (χ1v) is 6.01. The van der Waals surface area contributed by atoms with Crippen LogP contribution in [-0.2, 0) is 12.6 Å². The Morgan fingerprint density at radius 2 is 1.94 bits per heavy atom. The molecule has 6 heteroatoms. The molecule has 100 valence electrons. The number of piperazine rings is 1. The molecule has 0 amide bonds. The molecule has 3 nitrogen and oxygen atoms in total. The molecule has 1 aliphatic rings. The van der Waals surface area contributed by atoms with E-state index >= 15 is 0 Å². The fourth-order valence-electron chi connectivity index (χ4n) is 1.95. The maximum absolute atomic E-state index is 12.3. The van der Waals surface area contributed by atoms with Gasteiger partial charge in [-0.05, 0) is 12.1 Å². The highest BCUT2D eigenvalue weighted by atomic mass is 19.4. The van der Waals surface area contributed by atoms with Crippen LogP contribution in [0.15, 0.2) is 18.3 Å². The zero-order valence-corrected chi connectivity index (χ0v) is 10.0. The fourth-order valence-corrected chi connectivity index (χ4v) is 1.95. The quantitative estimate of drug-likeness (QED) is 0.892. The number of halogens is 3. The van der Waals surface area contributed by atoms with Crippen LogP contribution in [0.25, 0.3) is 0 Å². The van der Waals surface area contributed by atoms with Crippen molar-refractivity contribution in [1.29, 1.82) is 0 Å². The van der Waals surface area contributed by atoms with Gasteiger partial charge in [0.25, 0.3) is 0 Å². The van der Waals surface area contributed by atoms with Crippen molar-refractivity contribution in [1.82, 2.24) is 15.2 Å². The lowest BCUT2D eigenvalue weighted by molar-refractivity contribution is -0.137. The molecule has 1 fully saturated rings. The monoisotopic (exact) mass is 259 g/mol. The Kier molecular flexibility index (Phi) is 4.19. The van der Waals surface area contributed by atoms with Crippen molar-refractivity contribution in [2.75, 3.05) is 32.7 Å². The number of nitrogens with zero attached hydrogens (tertiary/aromatic N) is 2. The molecule has 2 heterocycles. The number of rotatable bonds is 3. The third-order valence-corrected chi connectivity index (χ3v) is 3.05. The van der Waals surface area contributed by atoms with Gasteiger partial charge in [-0.15, -0.1) is 0 Å². The van der Waals surface area contributed by atoms with Crippen LogP contribution in [0.4, 0.5) is 13.2 Å². The summed E-state index contributed by atoms with van der Waals surface area (Å²) in [6.07, 6.45) is -2.70. The number of alkyl halides is 3. The molecular formula is C12H16F3N3. The van der Waals surface area contributed by atoms with E-state index < -0.39 is 11.7 Å². The molecule has 0 atom stereocenters. The SMILES string of the molecule is FC(F)(F)c1ccc(CCN2CCNCC2)nc1. The summed E-state index contributed by atoms with van der Waals surface area (Å²) < 4.78 is 37.0. The highest BCUT2D eigenvalue weighted by Gasteiger charge is 2.30. The van der Waals surface area contributed by atoms with Gasteiger partial charge in [0.1, 0.15) is 0 Å². The minimum atomic E-state index is -4.30. The van der Waals surface area contributed by atoms with Crippen LogP contribution in [0.1, 0.15) is 11.3 Å². The first-order chi connectivity index (χ1) is 8.55. The summed E-state index contributed by atoms with van der Waals surface area (Å²) in [7, 11) is 0. The lowest BCUT2D eigenvalue weighted by atomic mass is 10.2. The lowest BCUT2D eigenvalue weighted by Gasteiger charge is -2.26. The number of hydrogen-bond acceptors (Lipinski definition) is 3. The van der Waals surface area contributed by atoms with Gasteiger partial charge in [0.2, 0.25) is 0 Å². The normalized spacial score (nSPS) is 17.9. The first-order valence-electron chi connectivity index (χ1n) is 6.01. The Morgan fingerprint density at radius 1 is 1.22 bits per heavy atom. The standard InChI is InChI=1S/C12H16F3N3/c13-12(14,15)10-1-2-11(17-9-10)3-6-18-7-4-16-5-8-18/h1-2,9,16H,3-8H2. The summed E-state index contributed by atoms with van der Waals surface area (Å²) in [5, 5.41) is 3.25. The summed E-state index contributed by atoms with van der Waals surface area (Å²) in [5.74, 6) is 0. The number of hydrogen-bond donors (Lipinski definition) is 1. The van der Waals surface area contributed by atoms with Crippen LogP contribution < -0.4 is 5.32 Å². The third-order valence-electron chi connectivity index (χ3n) is 3.05. The van der Waals surface area contributed by atoms with Crippen molar-refractivity contribution in [3.05, 3.63) is 29.6 Å². The second-order valence-electron chi connectivity index (χ2n) is 4.38. The number of nitrogens with one attached hydrogen (secondary N) is 1. The maximum Gasteiger partial charge on any atom is 0.417 e. The molecule has 0 radical (unpaired) electrons. The zero-order valence-electron chi connectivity index (χ0n) is 10.0. The molecule has 1 aliphatic heterocycles. The molecule has 0 aromatic carbocycles. The average molecular weight is 259 g/mol. The molecule has 0 bridgehead atoms. The zero-order chi connectivity index (χ0) is 13.0. The van der Waals surface area contributed by atoms with Crippen LogP contribution in [0, 0.1) is 0 Å². The average Bonchev–Trinajstić information content (AvgIpc) is 2.37. The van der Waals surface area contributed by atoms with Crippen molar-refractivity contribution < 1.29 is 13.2 Å². The number of aromatic nitrogens is 1. The second-order valence-corrected chi connectivity index (χ2v) is 4.38. The van der Waals surface area contributed by atoms with Gasteiger partial charge in [-0.2, -0.15) is 13.2 Å². The van der Waals surface area contributed by atoms with Crippen LogP contribution in [-0.4, -0.2) is 42.6 Å². The van der Waals surface area contributed by atoms with E-state index in [1.165, 1.54) is 6.07 Å². The summed E-state index contributed by atoms with van der Waals surface area (Å²) in [6.45, 7) is 4.77. The van der Waals surface area contributed by atoms with Crippen LogP contribution >= 0.6 is 0 Å². The summed E-state index contributed by atoms with van der Waals surface area (Å²) in [4.78, 5) is 6.15. The molecule has 0 spiro atoms. The van der Waals surface area contributed by atoms with Gasteiger partial charge in [0.15, 0.2) is 0 Å². The summed E-state index contributed by atoms with van der Waals surface area (Å²) in [5.41, 5.74) is 0.0231. The van der Waals surface area contributed by atoms with Gasteiger partial charge in [-0.25, -0.2) is 0 Å². The smallest absolute Gasteiger partial charge is 0.314 e. The van der Waals surface area contributed by atoms with Gasteiger partial charge in [-0.3, -0.25) is 4.98 Å². The Balaban J connectivity index is 1.86.